The Labute approximate surface area is 125 Å². The molecule has 5 nitrogen and oxygen atoms in total. The summed E-state index contributed by atoms with van der Waals surface area (Å²) in [5.74, 6) is 0.514. The van der Waals surface area contributed by atoms with Crippen molar-refractivity contribution in [2.75, 3.05) is 13.1 Å². The summed E-state index contributed by atoms with van der Waals surface area (Å²) in [4.78, 5) is 18.8. The molecular formula is C16H23N3O2. The lowest BCUT2D eigenvalue weighted by Gasteiger charge is -2.31. The van der Waals surface area contributed by atoms with Crippen LogP contribution in [0.3, 0.4) is 0 Å². The van der Waals surface area contributed by atoms with Gasteiger partial charge in [-0.25, -0.2) is 0 Å². The van der Waals surface area contributed by atoms with Gasteiger partial charge in [0.05, 0.1) is 11.6 Å². The number of pyridine rings is 1. The molecular weight excluding hydrogens is 266 g/mol. The molecule has 1 unspecified atom stereocenters. The van der Waals surface area contributed by atoms with Crippen molar-refractivity contribution in [2.45, 2.75) is 45.2 Å². The first-order chi connectivity index (χ1) is 10.1. The van der Waals surface area contributed by atoms with E-state index in [1.165, 1.54) is 0 Å². The largest absolute Gasteiger partial charge is 0.506 e. The number of hydrogen-bond acceptors (Lipinski definition) is 4. The van der Waals surface area contributed by atoms with E-state index in [2.05, 4.69) is 15.2 Å². The summed E-state index contributed by atoms with van der Waals surface area (Å²) >= 11 is 0. The zero-order chi connectivity index (χ0) is 14.8. The molecule has 21 heavy (non-hydrogen) atoms. The van der Waals surface area contributed by atoms with Crippen LogP contribution < -0.4 is 5.32 Å². The molecule has 2 fully saturated rings. The van der Waals surface area contributed by atoms with Crippen LogP contribution in [0.2, 0.25) is 0 Å². The molecule has 0 bridgehead atoms. The molecule has 1 aromatic rings. The number of carbonyl (C=O) groups is 1. The fourth-order valence-electron chi connectivity index (χ4n) is 2.89. The number of amides is 1. The number of likely N-dealkylation sites (tertiary alicyclic amines) is 1. The molecule has 3 rings (SSSR count). The molecule has 1 saturated carbocycles. The van der Waals surface area contributed by atoms with E-state index in [1.807, 2.05) is 6.92 Å². The Kier molecular flexibility index (Phi) is 4.10. The minimum Gasteiger partial charge on any atom is -0.506 e. The van der Waals surface area contributed by atoms with Gasteiger partial charge in [-0.15, -0.1) is 0 Å². The third kappa shape index (κ3) is 3.73. The average Bonchev–Trinajstić information content (AvgIpc) is 3.27. The van der Waals surface area contributed by atoms with Crippen molar-refractivity contribution in [3.8, 4) is 5.75 Å². The van der Waals surface area contributed by atoms with E-state index in [0.29, 0.717) is 18.3 Å². The van der Waals surface area contributed by atoms with Gasteiger partial charge in [-0.2, -0.15) is 0 Å². The molecule has 1 atom stereocenters. The SMILES string of the molecule is Cc1ccc(O)c(CN2CCCC(C(=O)NC3CC3)C2)n1. The van der Waals surface area contributed by atoms with Crippen LogP contribution in [0.1, 0.15) is 37.1 Å². The molecule has 5 heteroatoms. The third-order valence-electron chi connectivity index (χ3n) is 4.26. The number of nitrogens with zero attached hydrogens (tertiary/aromatic N) is 2. The molecule has 1 aliphatic heterocycles. The van der Waals surface area contributed by atoms with Gasteiger partial charge < -0.3 is 10.4 Å². The van der Waals surface area contributed by atoms with Crippen LogP contribution in [-0.2, 0) is 11.3 Å². The van der Waals surface area contributed by atoms with E-state index < -0.39 is 0 Å². The van der Waals surface area contributed by atoms with Crippen molar-refractivity contribution in [1.82, 2.24) is 15.2 Å². The first kappa shape index (κ1) is 14.3. The Bertz CT molecular complexity index is 528. The van der Waals surface area contributed by atoms with Gasteiger partial charge in [-0.05, 0) is 51.3 Å². The van der Waals surface area contributed by atoms with E-state index >= 15 is 0 Å². The zero-order valence-corrected chi connectivity index (χ0v) is 12.5. The van der Waals surface area contributed by atoms with Gasteiger partial charge in [0, 0.05) is 24.8 Å². The topological polar surface area (TPSA) is 65.5 Å². The van der Waals surface area contributed by atoms with E-state index in [9.17, 15) is 9.90 Å². The Morgan fingerprint density at radius 1 is 1.43 bits per heavy atom. The second kappa shape index (κ2) is 6.02. The number of aromatic hydroxyl groups is 1. The lowest BCUT2D eigenvalue weighted by Crippen LogP contribution is -2.43. The molecule has 2 aliphatic rings. The molecule has 114 valence electrons. The summed E-state index contributed by atoms with van der Waals surface area (Å²) in [6.45, 7) is 4.25. The maximum atomic E-state index is 12.2. The van der Waals surface area contributed by atoms with Crippen molar-refractivity contribution in [3.63, 3.8) is 0 Å². The van der Waals surface area contributed by atoms with Crippen molar-refractivity contribution in [1.29, 1.82) is 0 Å². The van der Waals surface area contributed by atoms with E-state index in [1.54, 1.807) is 12.1 Å². The van der Waals surface area contributed by atoms with Gasteiger partial charge in [0.15, 0.2) is 0 Å². The Morgan fingerprint density at radius 2 is 2.24 bits per heavy atom. The van der Waals surface area contributed by atoms with Gasteiger partial charge in [0.2, 0.25) is 5.91 Å². The normalized spacial score (nSPS) is 23.0. The van der Waals surface area contributed by atoms with Crippen molar-refractivity contribution in [2.24, 2.45) is 5.92 Å². The van der Waals surface area contributed by atoms with Crippen LogP contribution >= 0.6 is 0 Å². The molecule has 1 saturated heterocycles. The molecule has 0 aromatic carbocycles. The van der Waals surface area contributed by atoms with E-state index in [4.69, 9.17) is 0 Å². The third-order valence-corrected chi connectivity index (χ3v) is 4.26. The number of nitrogens with one attached hydrogen (secondary N) is 1. The highest BCUT2D eigenvalue weighted by molar-refractivity contribution is 5.79. The summed E-state index contributed by atoms with van der Waals surface area (Å²) in [6, 6.07) is 3.93. The van der Waals surface area contributed by atoms with Gasteiger partial charge in [0.1, 0.15) is 5.75 Å². The number of aromatic nitrogens is 1. The van der Waals surface area contributed by atoms with Crippen LogP contribution in [-0.4, -0.2) is 40.0 Å². The summed E-state index contributed by atoms with van der Waals surface area (Å²) < 4.78 is 0. The smallest absolute Gasteiger partial charge is 0.224 e. The predicted octanol–water partition coefficient (Wildman–Crippen LogP) is 1.59. The lowest BCUT2D eigenvalue weighted by molar-refractivity contribution is -0.126. The average molecular weight is 289 g/mol. The number of carbonyl (C=O) groups excluding carboxylic acids is 1. The Balaban J connectivity index is 1.60. The standard InChI is InChI=1S/C16H23N3O2/c1-11-4-7-15(20)14(17-11)10-19-8-2-3-12(9-19)16(21)18-13-5-6-13/h4,7,12-13,20H,2-3,5-6,8-10H2,1H3,(H,18,21). The molecule has 1 aromatic heterocycles. The summed E-state index contributed by atoms with van der Waals surface area (Å²) in [5.41, 5.74) is 1.61. The maximum Gasteiger partial charge on any atom is 0.224 e. The molecule has 2 heterocycles. The van der Waals surface area contributed by atoms with Gasteiger partial charge in [0.25, 0.3) is 0 Å². The first-order valence-electron chi connectivity index (χ1n) is 7.80. The van der Waals surface area contributed by atoms with Crippen LogP contribution in [0.5, 0.6) is 5.75 Å². The van der Waals surface area contributed by atoms with Crippen molar-refractivity contribution >= 4 is 5.91 Å². The summed E-state index contributed by atoms with van der Waals surface area (Å²) in [7, 11) is 0. The number of aryl methyl sites for hydroxylation is 1. The van der Waals surface area contributed by atoms with Crippen LogP contribution in [0.15, 0.2) is 12.1 Å². The van der Waals surface area contributed by atoms with E-state index in [-0.39, 0.29) is 17.6 Å². The molecule has 0 spiro atoms. The van der Waals surface area contributed by atoms with Crippen molar-refractivity contribution < 1.29 is 9.90 Å². The van der Waals surface area contributed by atoms with Crippen molar-refractivity contribution in [3.05, 3.63) is 23.5 Å². The predicted molar refractivity (Wildman–Crippen MR) is 79.8 cm³/mol. The highest BCUT2D eigenvalue weighted by atomic mass is 16.3. The number of rotatable bonds is 4. The number of piperidine rings is 1. The van der Waals surface area contributed by atoms with E-state index in [0.717, 1.165) is 44.5 Å². The van der Waals surface area contributed by atoms with Gasteiger partial charge in [-0.1, -0.05) is 0 Å². The van der Waals surface area contributed by atoms with Crippen LogP contribution in [0, 0.1) is 12.8 Å². The monoisotopic (exact) mass is 289 g/mol. The quantitative estimate of drug-likeness (QED) is 0.883. The highest BCUT2D eigenvalue weighted by Gasteiger charge is 2.30. The number of hydrogen-bond donors (Lipinski definition) is 2. The lowest BCUT2D eigenvalue weighted by atomic mass is 9.97. The fourth-order valence-corrected chi connectivity index (χ4v) is 2.89. The molecule has 1 aliphatic carbocycles. The minimum absolute atomic E-state index is 0.0753. The van der Waals surface area contributed by atoms with Gasteiger partial charge in [-0.3, -0.25) is 14.7 Å². The highest BCUT2D eigenvalue weighted by Crippen LogP contribution is 2.24. The minimum atomic E-state index is 0.0753. The summed E-state index contributed by atoms with van der Waals surface area (Å²) in [6.07, 6.45) is 4.24. The first-order valence-corrected chi connectivity index (χ1v) is 7.80. The fraction of sp³-hybridized carbons (Fsp3) is 0.625. The maximum absolute atomic E-state index is 12.2. The molecule has 0 radical (unpaired) electrons. The Morgan fingerprint density at radius 3 is 3.00 bits per heavy atom. The summed E-state index contributed by atoms with van der Waals surface area (Å²) in [5, 5.41) is 13.0. The Hall–Kier alpha value is -1.62. The van der Waals surface area contributed by atoms with Crippen LogP contribution in [0.4, 0.5) is 0 Å². The second-order valence-electron chi connectivity index (χ2n) is 6.28. The van der Waals surface area contributed by atoms with Gasteiger partial charge >= 0.3 is 0 Å². The van der Waals surface area contributed by atoms with Crippen LogP contribution in [0.25, 0.3) is 0 Å². The molecule has 2 N–H and O–H groups in total. The zero-order valence-electron chi connectivity index (χ0n) is 12.5. The second-order valence-corrected chi connectivity index (χ2v) is 6.28. The molecule has 1 amide bonds.